The summed E-state index contributed by atoms with van der Waals surface area (Å²) in [6.07, 6.45) is 6.17. The first-order chi connectivity index (χ1) is 8.16. The lowest BCUT2D eigenvalue weighted by molar-refractivity contribution is 0.373. The van der Waals surface area contributed by atoms with Gasteiger partial charge < -0.3 is 11.1 Å². The summed E-state index contributed by atoms with van der Waals surface area (Å²) in [6.45, 7) is 0.743. The minimum Gasteiger partial charge on any atom is -0.395 e. The second-order valence-corrected chi connectivity index (χ2v) is 4.73. The summed E-state index contributed by atoms with van der Waals surface area (Å²) in [5.41, 5.74) is 5.93. The molecule has 1 saturated carbocycles. The van der Waals surface area contributed by atoms with Gasteiger partial charge in [-0.1, -0.05) is 19.3 Å². The molecule has 0 heterocycles. The predicted octanol–water partition coefficient (Wildman–Crippen LogP) is 3.54. The van der Waals surface area contributed by atoms with E-state index >= 15 is 0 Å². The van der Waals surface area contributed by atoms with E-state index < -0.39 is 11.6 Å². The number of nitrogens with one attached hydrogen (secondary N) is 1. The fourth-order valence-electron chi connectivity index (χ4n) is 2.38. The number of nitrogens with two attached hydrogens (primary N) is 1. The summed E-state index contributed by atoms with van der Waals surface area (Å²) in [4.78, 5) is 0. The number of rotatable bonds is 3. The Labute approximate surface area is 100 Å². The van der Waals surface area contributed by atoms with Crippen LogP contribution in [-0.2, 0) is 0 Å². The van der Waals surface area contributed by atoms with Crippen LogP contribution in [0.2, 0.25) is 0 Å². The molecule has 3 N–H and O–H groups in total. The van der Waals surface area contributed by atoms with Crippen molar-refractivity contribution in [1.82, 2.24) is 0 Å². The third-order valence-corrected chi connectivity index (χ3v) is 3.40. The lowest BCUT2D eigenvalue weighted by Gasteiger charge is -2.22. The van der Waals surface area contributed by atoms with Crippen molar-refractivity contribution in [3.05, 3.63) is 23.8 Å². The van der Waals surface area contributed by atoms with Crippen LogP contribution in [0.25, 0.3) is 0 Å². The monoisotopic (exact) mass is 240 g/mol. The molecular weight excluding hydrogens is 222 g/mol. The van der Waals surface area contributed by atoms with Gasteiger partial charge in [-0.25, -0.2) is 8.78 Å². The smallest absolute Gasteiger partial charge is 0.151 e. The Balaban J connectivity index is 1.98. The SMILES string of the molecule is Nc1c(F)cc(F)cc1NCC1CCCCC1. The molecule has 0 radical (unpaired) electrons. The van der Waals surface area contributed by atoms with Crippen LogP contribution in [0.3, 0.4) is 0 Å². The van der Waals surface area contributed by atoms with Gasteiger partial charge in [0.15, 0.2) is 5.82 Å². The van der Waals surface area contributed by atoms with E-state index in [0.717, 1.165) is 12.6 Å². The first-order valence-electron chi connectivity index (χ1n) is 6.15. The van der Waals surface area contributed by atoms with Crippen molar-refractivity contribution < 1.29 is 8.78 Å². The number of halogens is 2. The van der Waals surface area contributed by atoms with Crippen molar-refractivity contribution in [3.63, 3.8) is 0 Å². The summed E-state index contributed by atoms with van der Waals surface area (Å²) in [6, 6.07) is 2.06. The molecule has 0 aromatic heterocycles. The van der Waals surface area contributed by atoms with Gasteiger partial charge in [-0.2, -0.15) is 0 Å². The van der Waals surface area contributed by atoms with Gasteiger partial charge in [0.25, 0.3) is 0 Å². The van der Waals surface area contributed by atoms with Gasteiger partial charge in [0, 0.05) is 12.6 Å². The van der Waals surface area contributed by atoms with E-state index in [0.29, 0.717) is 11.6 Å². The maximum absolute atomic E-state index is 13.2. The Morgan fingerprint density at radius 2 is 1.88 bits per heavy atom. The number of benzene rings is 1. The zero-order chi connectivity index (χ0) is 12.3. The first kappa shape index (κ1) is 12.1. The maximum Gasteiger partial charge on any atom is 0.151 e. The number of hydrogen-bond donors (Lipinski definition) is 2. The third-order valence-electron chi connectivity index (χ3n) is 3.40. The fourth-order valence-corrected chi connectivity index (χ4v) is 2.38. The van der Waals surface area contributed by atoms with E-state index in [1.807, 2.05) is 0 Å². The highest BCUT2D eigenvalue weighted by atomic mass is 19.1. The summed E-state index contributed by atoms with van der Waals surface area (Å²) in [5.74, 6) is -0.700. The van der Waals surface area contributed by atoms with E-state index in [4.69, 9.17) is 5.73 Å². The first-order valence-corrected chi connectivity index (χ1v) is 6.15. The Morgan fingerprint density at radius 3 is 2.59 bits per heavy atom. The molecule has 1 fully saturated rings. The van der Waals surface area contributed by atoms with Crippen LogP contribution in [0.4, 0.5) is 20.2 Å². The predicted molar refractivity (Wildman–Crippen MR) is 65.8 cm³/mol. The minimum absolute atomic E-state index is 0.00205. The van der Waals surface area contributed by atoms with Gasteiger partial charge in [-0.15, -0.1) is 0 Å². The Bertz CT molecular complexity index is 387. The fraction of sp³-hybridized carbons (Fsp3) is 0.538. The molecule has 0 atom stereocenters. The van der Waals surface area contributed by atoms with E-state index in [9.17, 15) is 8.78 Å². The third kappa shape index (κ3) is 3.08. The molecule has 1 aliphatic rings. The molecule has 1 aliphatic carbocycles. The normalized spacial score (nSPS) is 17.1. The van der Waals surface area contributed by atoms with Crippen molar-refractivity contribution in [2.24, 2.45) is 5.92 Å². The van der Waals surface area contributed by atoms with Crippen molar-refractivity contribution in [1.29, 1.82) is 0 Å². The zero-order valence-corrected chi connectivity index (χ0v) is 9.81. The zero-order valence-electron chi connectivity index (χ0n) is 9.81. The summed E-state index contributed by atoms with van der Waals surface area (Å²) < 4.78 is 26.2. The molecule has 4 heteroatoms. The molecule has 1 aromatic rings. The van der Waals surface area contributed by atoms with E-state index in [-0.39, 0.29) is 5.69 Å². The molecular formula is C13H18F2N2. The Morgan fingerprint density at radius 1 is 1.18 bits per heavy atom. The van der Waals surface area contributed by atoms with Gasteiger partial charge in [-0.3, -0.25) is 0 Å². The van der Waals surface area contributed by atoms with Crippen LogP contribution in [0.5, 0.6) is 0 Å². The molecule has 1 aromatic carbocycles. The second kappa shape index (κ2) is 5.34. The molecule has 0 unspecified atom stereocenters. The molecule has 2 nitrogen and oxygen atoms in total. The molecule has 0 aliphatic heterocycles. The van der Waals surface area contributed by atoms with Gasteiger partial charge in [0.2, 0.25) is 0 Å². The van der Waals surface area contributed by atoms with Crippen LogP contribution in [0.1, 0.15) is 32.1 Å². The van der Waals surface area contributed by atoms with Gasteiger partial charge in [-0.05, 0) is 24.8 Å². The van der Waals surface area contributed by atoms with E-state index in [1.165, 1.54) is 38.2 Å². The van der Waals surface area contributed by atoms with Crippen molar-refractivity contribution >= 4 is 11.4 Å². The summed E-state index contributed by atoms with van der Waals surface area (Å²) in [7, 11) is 0. The van der Waals surface area contributed by atoms with Crippen LogP contribution in [0, 0.1) is 17.6 Å². The largest absolute Gasteiger partial charge is 0.395 e. The van der Waals surface area contributed by atoms with Crippen molar-refractivity contribution in [2.75, 3.05) is 17.6 Å². The highest BCUT2D eigenvalue weighted by molar-refractivity contribution is 5.66. The van der Waals surface area contributed by atoms with Gasteiger partial charge in [0.05, 0.1) is 11.4 Å². The number of nitrogen functional groups attached to an aromatic ring is 1. The molecule has 0 spiro atoms. The van der Waals surface area contributed by atoms with Crippen LogP contribution < -0.4 is 11.1 Å². The molecule has 0 amide bonds. The quantitative estimate of drug-likeness (QED) is 0.793. The standard InChI is InChI=1S/C13H18F2N2/c14-10-6-11(15)13(16)12(7-10)17-8-9-4-2-1-3-5-9/h6-7,9,17H,1-5,8,16H2. The van der Waals surface area contributed by atoms with Crippen LogP contribution in [0.15, 0.2) is 12.1 Å². The minimum atomic E-state index is -0.698. The van der Waals surface area contributed by atoms with Crippen molar-refractivity contribution in [3.8, 4) is 0 Å². The highest BCUT2D eigenvalue weighted by Crippen LogP contribution is 2.27. The molecule has 2 rings (SSSR count). The topological polar surface area (TPSA) is 38.0 Å². The van der Waals surface area contributed by atoms with Crippen LogP contribution >= 0.6 is 0 Å². The van der Waals surface area contributed by atoms with Crippen molar-refractivity contribution in [2.45, 2.75) is 32.1 Å². The molecule has 0 saturated heterocycles. The second-order valence-electron chi connectivity index (χ2n) is 4.73. The Kier molecular flexibility index (Phi) is 3.82. The highest BCUT2D eigenvalue weighted by Gasteiger charge is 2.14. The average Bonchev–Trinajstić information content (AvgIpc) is 2.33. The van der Waals surface area contributed by atoms with E-state index in [1.54, 1.807) is 0 Å². The number of anilines is 2. The van der Waals surface area contributed by atoms with Gasteiger partial charge >= 0.3 is 0 Å². The van der Waals surface area contributed by atoms with E-state index in [2.05, 4.69) is 5.32 Å². The summed E-state index contributed by atoms with van der Waals surface area (Å²) in [5, 5.41) is 3.06. The lowest BCUT2D eigenvalue weighted by Crippen LogP contribution is -2.18. The molecule has 0 bridgehead atoms. The molecule has 94 valence electrons. The van der Waals surface area contributed by atoms with Crippen LogP contribution in [-0.4, -0.2) is 6.54 Å². The lowest BCUT2D eigenvalue weighted by atomic mass is 9.89. The average molecular weight is 240 g/mol. The summed E-state index contributed by atoms with van der Waals surface area (Å²) >= 11 is 0. The molecule has 17 heavy (non-hydrogen) atoms. The maximum atomic E-state index is 13.2. The Hall–Kier alpha value is -1.32. The van der Waals surface area contributed by atoms with Gasteiger partial charge in [0.1, 0.15) is 5.82 Å². The number of hydrogen-bond acceptors (Lipinski definition) is 2.